The molecule has 85 valence electrons. The number of benzene rings is 1. The van der Waals surface area contributed by atoms with Gasteiger partial charge in [-0.3, -0.25) is 9.59 Å². The molecule has 0 aliphatic carbocycles. The Balaban J connectivity index is 2.66. The molecule has 1 N–H and O–H groups in total. The van der Waals surface area contributed by atoms with Crippen LogP contribution in [0.3, 0.4) is 0 Å². The smallest absolute Gasteiger partial charge is 0.225 e. The Morgan fingerprint density at radius 2 is 1.94 bits per heavy atom. The summed E-state index contributed by atoms with van der Waals surface area (Å²) in [6.45, 7) is 1.46. The molecule has 0 fully saturated rings. The van der Waals surface area contributed by atoms with E-state index in [0.29, 0.717) is 0 Å². The van der Waals surface area contributed by atoms with Crippen LogP contribution in [0.1, 0.15) is 12.5 Å². The Hall–Kier alpha value is -1.78. The summed E-state index contributed by atoms with van der Waals surface area (Å²) in [5.41, 5.74) is 0.216. The Morgan fingerprint density at radius 1 is 1.38 bits per heavy atom. The lowest BCUT2D eigenvalue weighted by Crippen LogP contribution is -2.34. The van der Waals surface area contributed by atoms with Crippen LogP contribution < -0.4 is 5.32 Å². The van der Waals surface area contributed by atoms with Crippen molar-refractivity contribution in [3.8, 4) is 0 Å². The molecule has 1 atom stereocenters. The van der Waals surface area contributed by atoms with Crippen LogP contribution in [-0.4, -0.2) is 18.2 Å². The molecule has 0 saturated carbocycles. The minimum Gasteiger partial charge on any atom is -0.346 e. The van der Waals surface area contributed by atoms with E-state index < -0.39 is 23.6 Å². The molecule has 16 heavy (non-hydrogen) atoms. The number of hydrogen-bond donors (Lipinski definition) is 1. The van der Waals surface area contributed by atoms with E-state index in [1.165, 1.54) is 6.92 Å². The van der Waals surface area contributed by atoms with Crippen LogP contribution in [0.15, 0.2) is 18.2 Å². The largest absolute Gasteiger partial charge is 0.346 e. The first-order chi connectivity index (χ1) is 7.51. The fourth-order valence-corrected chi connectivity index (χ4v) is 1.22. The van der Waals surface area contributed by atoms with Crippen LogP contribution in [0, 0.1) is 11.6 Å². The Labute approximate surface area is 91.5 Å². The van der Waals surface area contributed by atoms with Crippen molar-refractivity contribution < 1.29 is 18.4 Å². The molecule has 0 bridgehead atoms. The van der Waals surface area contributed by atoms with Gasteiger partial charge in [0.05, 0.1) is 12.5 Å². The predicted molar refractivity (Wildman–Crippen MR) is 53.4 cm³/mol. The first kappa shape index (κ1) is 12.3. The van der Waals surface area contributed by atoms with Crippen LogP contribution >= 0.6 is 0 Å². The molecule has 0 aromatic heterocycles. The Morgan fingerprint density at radius 3 is 2.44 bits per heavy atom. The second-order valence-electron chi connectivity index (χ2n) is 3.36. The average Bonchev–Trinajstić information content (AvgIpc) is 2.15. The summed E-state index contributed by atoms with van der Waals surface area (Å²) in [7, 11) is 0. The van der Waals surface area contributed by atoms with Gasteiger partial charge in [0.15, 0.2) is 0 Å². The van der Waals surface area contributed by atoms with E-state index in [1.807, 2.05) is 0 Å². The van der Waals surface area contributed by atoms with Gasteiger partial charge in [-0.1, -0.05) is 0 Å². The first-order valence-corrected chi connectivity index (χ1v) is 4.63. The van der Waals surface area contributed by atoms with Crippen molar-refractivity contribution in [3.05, 3.63) is 35.4 Å². The third-order valence-electron chi connectivity index (χ3n) is 1.84. The molecule has 0 saturated heterocycles. The summed E-state index contributed by atoms with van der Waals surface area (Å²) in [4.78, 5) is 21.4. The first-order valence-electron chi connectivity index (χ1n) is 4.63. The van der Waals surface area contributed by atoms with Gasteiger partial charge < -0.3 is 5.32 Å². The van der Waals surface area contributed by atoms with Gasteiger partial charge in [-0.05, 0) is 24.6 Å². The SMILES string of the molecule is C[C@@H]([C]=O)NC(=O)Cc1cc(F)cc(F)c1. The highest BCUT2D eigenvalue weighted by atomic mass is 19.1. The van der Waals surface area contributed by atoms with E-state index in [0.717, 1.165) is 18.2 Å². The van der Waals surface area contributed by atoms with E-state index in [-0.39, 0.29) is 12.0 Å². The molecule has 0 aliphatic rings. The number of nitrogens with one attached hydrogen (secondary N) is 1. The molecule has 1 aromatic carbocycles. The molecule has 0 unspecified atom stereocenters. The molecule has 1 rings (SSSR count). The van der Waals surface area contributed by atoms with E-state index in [1.54, 1.807) is 6.29 Å². The van der Waals surface area contributed by atoms with Gasteiger partial charge in [0.1, 0.15) is 11.6 Å². The maximum atomic E-state index is 12.8. The highest BCUT2D eigenvalue weighted by Crippen LogP contribution is 2.08. The summed E-state index contributed by atoms with van der Waals surface area (Å²) in [5.74, 6) is -1.96. The summed E-state index contributed by atoms with van der Waals surface area (Å²) in [6, 6.07) is 2.13. The predicted octanol–water partition coefficient (Wildman–Crippen LogP) is 1.12. The van der Waals surface area contributed by atoms with Crippen molar-refractivity contribution in [1.29, 1.82) is 0 Å². The summed E-state index contributed by atoms with van der Waals surface area (Å²) in [6.07, 6.45) is 1.39. The highest BCUT2D eigenvalue weighted by molar-refractivity contribution is 5.81. The van der Waals surface area contributed by atoms with Gasteiger partial charge in [0, 0.05) is 6.07 Å². The van der Waals surface area contributed by atoms with Crippen LogP contribution in [0.5, 0.6) is 0 Å². The van der Waals surface area contributed by atoms with E-state index >= 15 is 0 Å². The van der Waals surface area contributed by atoms with Crippen LogP contribution in [0.25, 0.3) is 0 Å². The van der Waals surface area contributed by atoms with Crippen LogP contribution in [-0.2, 0) is 16.0 Å². The Bertz CT molecular complexity index is 387. The van der Waals surface area contributed by atoms with Gasteiger partial charge in [0.25, 0.3) is 0 Å². The number of amides is 1. The van der Waals surface area contributed by atoms with E-state index in [4.69, 9.17) is 0 Å². The number of carbonyl (C=O) groups excluding carboxylic acids is 2. The van der Waals surface area contributed by atoms with Gasteiger partial charge in [-0.15, -0.1) is 0 Å². The fourth-order valence-electron chi connectivity index (χ4n) is 1.22. The monoisotopic (exact) mass is 226 g/mol. The van der Waals surface area contributed by atoms with Crippen molar-refractivity contribution in [2.75, 3.05) is 0 Å². The average molecular weight is 226 g/mol. The lowest BCUT2D eigenvalue weighted by atomic mass is 10.1. The zero-order valence-electron chi connectivity index (χ0n) is 8.59. The molecular weight excluding hydrogens is 216 g/mol. The van der Waals surface area contributed by atoms with Gasteiger partial charge in [-0.25, -0.2) is 8.78 Å². The number of carbonyl (C=O) groups is 1. The molecule has 3 nitrogen and oxygen atoms in total. The maximum absolute atomic E-state index is 12.8. The third kappa shape index (κ3) is 3.76. The lowest BCUT2D eigenvalue weighted by molar-refractivity contribution is -0.120. The van der Waals surface area contributed by atoms with Crippen LogP contribution in [0.4, 0.5) is 8.78 Å². The van der Waals surface area contributed by atoms with Crippen molar-refractivity contribution in [2.24, 2.45) is 0 Å². The number of rotatable bonds is 4. The summed E-state index contributed by atoms with van der Waals surface area (Å²) in [5, 5.41) is 2.31. The molecule has 0 heterocycles. The lowest BCUT2D eigenvalue weighted by Gasteiger charge is -2.06. The van der Waals surface area contributed by atoms with Gasteiger partial charge in [-0.2, -0.15) is 0 Å². The number of halogens is 2. The second-order valence-corrected chi connectivity index (χ2v) is 3.36. The molecule has 1 aromatic rings. The fraction of sp³-hybridized carbons (Fsp3) is 0.273. The standard InChI is InChI=1S/C11H10F2NO2/c1-7(6-15)14-11(16)4-8-2-9(12)5-10(13)3-8/h2-3,5,7H,4H2,1H3,(H,14,16)/t7-/m0/s1. The van der Waals surface area contributed by atoms with E-state index in [9.17, 15) is 18.4 Å². The van der Waals surface area contributed by atoms with Crippen molar-refractivity contribution >= 4 is 12.2 Å². The van der Waals surface area contributed by atoms with Gasteiger partial charge >= 0.3 is 0 Å². The minimum atomic E-state index is -0.738. The van der Waals surface area contributed by atoms with Gasteiger partial charge in [0.2, 0.25) is 12.2 Å². The van der Waals surface area contributed by atoms with E-state index in [2.05, 4.69) is 5.32 Å². The Kier molecular flexibility index (Phi) is 4.10. The molecule has 5 heteroatoms. The third-order valence-corrected chi connectivity index (χ3v) is 1.84. The molecular formula is C11H10F2NO2. The summed E-state index contributed by atoms with van der Waals surface area (Å²) >= 11 is 0. The summed E-state index contributed by atoms with van der Waals surface area (Å²) < 4.78 is 25.5. The highest BCUT2D eigenvalue weighted by Gasteiger charge is 2.09. The minimum absolute atomic E-state index is 0.180. The molecule has 1 radical (unpaired) electrons. The topological polar surface area (TPSA) is 46.2 Å². The molecule has 1 amide bonds. The van der Waals surface area contributed by atoms with Crippen LogP contribution in [0.2, 0.25) is 0 Å². The maximum Gasteiger partial charge on any atom is 0.225 e. The zero-order valence-corrected chi connectivity index (χ0v) is 8.59. The van der Waals surface area contributed by atoms with Crippen molar-refractivity contribution in [2.45, 2.75) is 19.4 Å². The quantitative estimate of drug-likeness (QED) is 0.836. The normalized spacial score (nSPS) is 11.9. The number of hydrogen-bond acceptors (Lipinski definition) is 2. The molecule has 0 spiro atoms. The van der Waals surface area contributed by atoms with Crippen molar-refractivity contribution in [1.82, 2.24) is 5.32 Å². The zero-order chi connectivity index (χ0) is 12.1. The second kappa shape index (κ2) is 5.34. The van der Waals surface area contributed by atoms with Crippen molar-refractivity contribution in [3.63, 3.8) is 0 Å². The molecule has 0 aliphatic heterocycles.